The fraction of sp³-hybridized carbons (Fsp3) is 0.800. The Hall–Kier alpha value is -1.47. The van der Waals surface area contributed by atoms with Gasteiger partial charge in [-0.1, -0.05) is 13.8 Å². The lowest BCUT2D eigenvalue weighted by Crippen LogP contribution is -2.80. The highest BCUT2D eigenvalue weighted by molar-refractivity contribution is 5.94. The van der Waals surface area contributed by atoms with Gasteiger partial charge in [-0.2, -0.15) is 0 Å². The number of hydrogen-bond donors (Lipinski definition) is 2. The van der Waals surface area contributed by atoms with Crippen LogP contribution < -0.4 is 0 Å². The monoisotopic (exact) mass is 310 g/mol. The molecule has 4 fully saturated rings. The van der Waals surface area contributed by atoms with Gasteiger partial charge in [-0.15, -0.1) is 0 Å². The van der Waals surface area contributed by atoms with Crippen LogP contribution in [0.2, 0.25) is 0 Å². The van der Waals surface area contributed by atoms with E-state index >= 15 is 0 Å². The third-order valence-corrected chi connectivity index (χ3v) is 6.84. The fourth-order valence-electron chi connectivity index (χ4n) is 5.37. The molecular formula is C15H18O7. The lowest BCUT2D eigenvalue weighted by Gasteiger charge is -2.66. The topological polar surface area (TPSA) is 110 Å². The maximum Gasteiger partial charge on any atom is 0.335 e. The van der Waals surface area contributed by atoms with E-state index in [9.17, 15) is 24.6 Å². The summed E-state index contributed by atoms with van der Waals surface area (Å²) in [5.41, 5.74) is -4.45. The standard InChI is InChI=1S/C15H18O7/c1-6-8(16)3-15(20)13(6)4-9(22-11(18)10(13)17)7(2)14(15)5-21-12(14)19/h6-7,9-10,17,20H,3-5H2,1-2H3/t6-,7-,9-,10+,13+,14-,15-/m1/s1. The Bertz CT molecular complexity index is 615. The maximum atomic E-state index is 12.4. The summed E-state index contributed by atoms with van der Waals surface area (Å²) in [6.07, 6.45) is -2.30. The molecule has 7 atom stereocenters. The van der Waals surface area contributed by atoms with E-state index in [-0.39, 0.29) is 25.2 Å². The van der Waals surface area contributed by atoms with Gasteiger partial charge in [0.25, 0.3) is 0 Å². The highest BCUT2D eigenvalue weighted by Crippen LogP contribution is 2.70. The summed E-state index contributed by atoms with van der Waals surface area (Å²) < 4.78 is 10.2. The minimum atomic E-state index is -1.78. The van der Waals surface area contributed by atoms with E-state index < -0.39 is 52.4 Å². The van der Waals surface area contributed by atoms with Crippen LogP contribution >= 0.6 is 0 Å². The second-order valence-corrected chi connectivity index (χ2v) is 7.18. The molecule has 2 aliphatic carbocycles. The van der Waals surface area contributed by atoms with Crippen molar-refractivity contribution in [2.24, 2.45) is 22.7 Å². The number of carbonyl (C=O) groups is 3. The van der Waals surface area contributed by atoms with Crippen molar-refractivity contribution in [3.63, 3.8) is 0 Å². The molecule has 2 heterocycles. The molecule has 7 heteroatoms. The molecule has 0 unspecified atom stereocenters. The van der Waals surface area contributed by atoms with Crippen molar-refractivity contribution < 1.29 is 34.1 Å². The molecule has 0 aromatic rings. The van der Waals surface area contributed by atoms with Gasteiger partial charge < -0.3 is 19.7 Å². The van der Waals surface area contributed by atoms with Gasteiger partial charge in [-0.3, -0.25) is 9.59 Å². The van der Waals surface area contributed by atoms with Gasteiger partial charge >= 0.3 is 11.9 Å². The van der Waals surface area contributed by atoms with Crippen LogP contribution in [0.15, 0.2) is 0 Å². The van der Waals surface area contributed by atoms with Crippen LogP contribution in [0.4, 0.5) is 0 Å². The Morgan fingerprint density at radius 3 is 2.45 bits per heavy atom. The Morgan fingerprint density at radius 1 is 1.23 bits per heavy atom. The highest BCUT2D eigenvalue weighted by atomic mass is 16.6. The number of esters is 2. The minimum Gasteiger partial charge on any atom is -0.464 e. The van der Waals surface area contributed by atoms with Crippen molar-refractivity contribution in [1.82, 2.24) is 0 Å². The van der Waals surface area contributed by atoms with Crippen molar-refractivity contribution >= 4 is 17.7 Å². The van der Waals surface area contributed by atoms with Gasteiger partial charge in [0.1, 0.15) is 29.5 Å². The van der Waals surface area contributed by atoms with E-state index in [0.717, 1.165) is 0 Å². The quantitative estimate of drug-likeness (QED) is 0.563. The van der Waals surface area contributed by atoms with E-state index in [1.807, 2.05) is 0 Å². The summed E-state index contributed by atoms with van der Waals surface area (Å²) in [6.45, 7) is 3.31. The zero-order chi connectivity index (χ0) is 16.1. The number of rotatable bonds is 0. The summed E-state index contributed by atoms with van der Waals surface area (Å²) >= 11 is 0. The van der Waals surface area contributed by atoms with Crippen molar-refractivity contribution in [2.75, 3.05) is 6.61 Å². The second kappa shape index (κ2) is 3.71. The zero-order valence-corrected chi connectivity index (χ0v) is 12.4. The van der Waals surface area contributed by atoms with E-state index in [4.69, 9.17) is 9.47 Å². The lowest BCUT2D eigenvalue weighted by molar-refractivity contribution is -0.321. The van der Waals surface area contributed by atoms with Crippen LogP contribution in [0.1, 0.15) is 26.7 Å². The number of ketones is 1. The van der Waals surface area contributed by atoms with Gasteiger partial charge in [-0.05, 0) is 6.42 Å². The Kier molecular flexibility index (Phi) is 2.38. The largest absolute Gasteiger partial charge is 0.464 e. The molecule has 120 valence electrons. The first kappa shape index (κ1) is 14.1. The zero-order valence-electron chi connectivity index (χ0n) is 12.4. The van der Waals surface area contributed by atoms with Crippen molar-refractivity contribution in [3.8, 4) is 0 Å². The van der Waals surface area contributed by atoms with Crippen molar-refractivity contribution in [1.29, 1.82) is 0 Å². The Labute approximate surface area is 126 Å². The molecule has 0 aromatic heterocycles. The summed E-state index contributed by atoms with van der Waals surface area (Å²) in [5.74, 6) is -2.85. The molecule has 2 saturated heterocycles. The van der Waals surface area contributed by atoms with Crippen LogP contribution in [-0.4, -0.2) is 52.4 Å². The van der Waals surface area contributed by atoms with Gasteiger partial charge in [0.2, 0.25) is 0 Å². The number of fused-ring (bicyclic) bond motifs is 2. The molecule has 7 nitrogen and oxygen atoms in total. The SMILES string of the molecule is C[C@@H]1C(=O)C[C@@]2(O)[C@@]13C[C@@H](OC(=O)[C@@H]3O)[C@@H](C)[C@@]21COC1=O. The molecule has 0 radical (unpaired) electrons. The molecule has 0 aromatic carbocycles. The van der Waals surface area contributed by atoms with Gasteiger partial charge in [0, 0.05) is 18.3 Å². The third-order valence-electron chi connectivity index (χ3n) is 6.84. The predicted octanol–water partition coefficient (Wildman–Crippen LogP) is -0.818. The minimum absolute atomic E-state index is 0.0218. The molecule has 2 N–H and O–H groups in total. The second-order valence-electron chi connectivity index (χ2n) is 7.18. The number of aliphatic hydroxyl groups excluding tert-OH is 1. The van der Waals surface area contributed by atoms with Crippen molar-refractivity contribution in [3.05, 3.63) is 0 Å². The summed E-state index contributed by atoms with van der Waals surface area (Å²) in [6, 6.07) is 0. The van der Waals surface area contributed by atoms with Gasteiger partial charge in [0.05, 0.1) is 5.41 Å². The van der Waals surface area contributed by atoms with Gasteiger partial charge in [-0.25, -0.2) is 4.79 Å². The maximum absolute atomic E-state index is 12.4. The molecule has 2 saturated carbocycles. The normalized spacial score (nSPS) is 56.3. The number of cyclic esters (lactones) is 1. The summed E-state index contributed by atoms with van der Waals surface area (Å²) in [4.78, 5) is 36.7. The molecule has 2 aliphatic heterocycles. The van der Waals surface area contributed by atoms with E-state index in [1.165, 1.54) is 0 Å². The average Bonchev–Trinajstić information content (AvgIpc) is 2.64. The molecule has 2 bridgehead atoms. The number of carbonyl (C=O) groups excluding carboxylic acids is 3. The molecule has 2 spiro atoms. The van der Waals surface area contributed by atoms with E-state index in [2.05, 4.69) is 0 Å². The van der Waals surface area contributed by atoms with E-state index in [0.29, 0.717) is 0 Å². The summed E-state index contributed by atoms with van der Waals surface area (Å²) in [5, 5.41) is 22.0. The number of hydrogen-bond acceptors (Lipinski definition) is 7. The van der Waals surface area contributed by atoms with Crippen LogP contribution in [0, 0.1) is 22.7 Å². The number of Topliss-reactive ketones (excluding diaryl/α,β-unsaturated/α-hetero) is 1. The first-order valence-corrected chi connectivity index (χ1v) is 7.53. The molecule has 4 rings (SSSR count). The number of aliphatic hydroxyl groups is 2. The van der Waals surface area contributed by atoms with Crippen molar-refractivity contribution in [2.45, 2.75) is 44.5 Å². The molecular weight excluding hydrogens is 292 g/mol. The highest BCUT2D eigenvalue weighted by Gasteiger charge is 2.84. The molecule has 22 heavy (non-hydrogen) atoms. The smallest absolute Gasteiger partial charge is 0.335 e. The average molecular weight is 310 g/mol. The number of ether oxygens (including phenoxy) is 2. The van der Waals surface area contributed by atoms with Crippen LogP contribution in [-0.2, 0) is 23.9 Å². The predicted molar refractivity (Wildman–Crippen MR) is 69.2 cm³/mol. The van der Waals surface area contributed by atoms with E-state index in [1.54, 1.807) is 13.8 Å². The van der Waals surface area contributed by atoms with Gasteiger partial charge in [0.15, 0.2) is 6.10 Å². The fourth-order valence-corrected chi connectivity index (χ4v) is 5.37. The Morgan fingerprint density at radius 2 is 1.91 bits per heavy atom. The third kappa shape index (κ3) is 1.08. The lowest BCUT2D eigenvalue weighted by atomic mass is 9.44. The van der Waals surface area contributed by atoms with Crippen LogP contribution in [0.5, 0.6) is 0 Å². The summed E-state index contributed by atoms with van der Waals surface area (Å²) in [7, 11) is 0. The first-order chi connectivity index (χ1) is 10.2. The molecule has 0 amide bonds. The van der Waals surface area contributed by atoms with Crippen LogP contribution in [0.3, 0.4) is 0 Å². The first-order valence-electron chi connectivity index (χ1n) is 7.53. The molecule has 4 aliphatic rings. The van der Waals surface area contributed by atoms with Crippen LogP contribution in [0.25, 0.3) is 0 Å². The Balaban J connectivity index is 2.00.